The van der Waals surface area contributed by atoms with Gasteiger partial charge in [-0.2, -0.15) is 0 Å². The molecule has 0 aliphatic carbocycles. The predicted molar refractivity (Wildman–Crippen MR) is 42.6 cm³/mol. The molecular formula is C8H12O5. The number of hydrogen-bond donors (Lipinski definition) is 4. The summed E-state index contributed by atoms with van der Waals surface area (Å²) in [6.07, 6.45) is -0.941. The van der Waals surface area contributed by atoms with Crippen molar-refractivity contribution < 1.29 is 25.2 Å². The summed E-state index contributed by atoms with van der Waals surface area (Å²) in [5, 5.41) is 36.5. The summed E-state index contributed by atoms with van der Waals surface area (Å²) in [7, 11) is 0. The molecule has 0 radical (unpaired) electrons. The Morgan fingerprint density at radius 1 is 1.15 bits per heavy atom. The highest BCUT2D eigenvalue weighted by Crippen LogP contribution is 2.20. The van der Waals surface area contributed by atoms with E-state index in [1.165, 1.54) is 0 Å². The molecule has 1 fully saturated rings. The largest absolute Gasteiger partial charge is 0.394 e. The van der Waals surface area contributed by atoms with Gasteiger partial charge >= 0.3 is 0 Å². The molecule has 4 N–H and O–H groups in total. The maximum absolute atomic E-state index is 9.26. The summed E-state index contributed by atoms with van der Waals surface area (Å²) < 4.78 is 4.93. The highest BCUT2D eigenvalue weighted by atomic mass is 16.5. The van der Waals surface area contributed by atoms with E-state index in [4.69, 9.17) is 16.3 Å². The second-order valence-electron chi connectivity index (χ2n) is 2.92. The Labute approximate surface area is 75.6 Å². The van der Waals surface area contributed by atoms with Crippen molar-refractivity contribution in [1.29, 1.82) is 0 Å². The predicted octanol–water partition coefficient (Wildman–Crippen LogP) is -2.54. The number of aliphatic hydroxyl groups excluding tert-OH is 4. The number of rotatable bonds is 1. The molecule has 0 aromatic carbocycles. The van der Waals surface area contributed by atoms with Crippen LogP contribution in [-0.2, 0) is 4.74 Å². The van der Waals surface area contributed by atoms with Gasteiger partial charge in [-0.3, -0.25) is 0 Å². The van der Waals surface area contributed by atoms with Crippen LogP contribution in [0, 0.1) is 12.3 Å². The molecule has 1 rings (SSSR count). The highest BCUT2D eigenvalue weighted by molar-refractivity contribution is 5.05. The van der Waals surface area contributed by atoms with Crippen LogP contribution in [0.15, 0.2) is 0 Å². The molecule has 0 spiro atoms. The molecular weight excluding hydrogens is 176 g/mol. The zero-order valence-corrected chi connectivity index (χ0v) is 6.87. The van der Waals surface area contributed by atoms with Gasteiger partial charge in [0.1, 0.15) is 30.5 Å². The first-order valence-corrected chi connectivity index (χ1v) is 3.88. The first-order chi connectivity index (χ1) is 6.11. The molecule has 5 nitrogen and oxygen atoms in total. The van der Waals surface area contributed by atoms with Gasteiger partial charge < -0.3 is 25.2 Å². The van der Waals surface area contributed by atoms with Gasteiger partial charge in [-0.1, -0.05) is 5.92 Å². The lowest BCUT2D eigenvalue weighted by Gasteiger charge is -2.37. The summed E-state index contributed by atoms with van der Waals surface area (Å²) in [5.74, 6) is 2.11. The van der Waals surface area contributed by atoms with Crippen LogP contribution < -0.4 is 0 Å². The van der Waals surface area contributed by atoms with E-state index in [-0.39, 0.29) is 0 Å². The van der Waals surface area contributed by atoms with Crippen LogP contribution in [0.4, 0.5) is 0 Å². The zero-order chi connectivity index (χ0) is 10.0. The summed E-state index contributed by atoms with van der Waals surface area (Å²) in [4.78, 5) is 0. The van der Waals surface area contributed by atoms with E-state index in [1.54, 1.807) is 0 Å². The number of hydrogen-bond acceptors (Lipinski definition) is 5. The van der Waals surface area contributed by atoms with E-state index in [9.17, 15) is 15.3 Å². The lowest BCUT2D eigenvalue weighted by molar-refractivity contribution is -0.214. The summed E-state index contributed by atoms with van der Waals surface area (Å²) in [6.45, 7) is -0.455. The lowest BCUT2D eigenvalue weighted by atomic mass is 9.96. The minimum Gasteiger partial charge on any atom is -0.394 e. The fourth-order valence-corrected chi connectivity index (χ4v) is 1.24. The van der Waals surface area contributed by atoms with Crippen LogP contribution >= 0.6 is 0 Å². The summed E-state index contributed by atoms with van der Waals surface area (Å²) >= 11 is 0. The Morgan fingerprint density at radius 3 is 2.23 bits per heavy atom. The van der Waals surface area contributed by atoms with E-state index in [1.807, 2.05) is 0 Å². The van der Waals surface area contributed by atoms with Gasteiger partial charge in [-0.15, -0.1) is 6.42 Å². The van der Waals surface area contributed by atoms with Crippen LogP contribution in [0.25, 0.3) is 0 Å². The van der Waals surface area contributed by atoms with Crippen LogP contribution in [0.3, 0.4) is 0 Å². The first-order valence-electron chi connectivity index (χ1n) is 3.88. The van der Waals surface area contributed by atoms with Crippen molar-refractivity contribution in [2.75, 3.05) is 6.61 Å². The van der Waals surface area contributed by atoms with E-state index in [2.05, 4.69) is 5.92 Å². The van der Waals surface area contributed by atoms with Gasteiger partial charge in [0.15, 0.2) is 0 Å². The van der Waals surface area contributed by atoms with Gasteiger partial charge in [0.25, 0.3) is 0 Å². The number of terminal acetylenes is 1. The molecule has 1 aliphatic rings. The zero-order valence-electron chi connectivity index (χ0n) is 6.87. The highest BCUT2D eigenvalue weighted by Gasteiger charge is 2.42. The van der Waals surface area contributed by atoms with E-state index >= 15 is 0 Å². The quantitative estimate of drug-likeness (QED) is 0.340. The van der Waals surface area contributed by atoms with Crippen molar-refractivity contribution in [1.82, 2.24) is 0 Å². The van der Waals surface area contributed by atoms with Gasteiger partial charge in [0.2, 0.25) is 0 Å². The molecule has 5 atom stereocenters. The van der Waals surface area contributed by atoms with Crippen molar-refractivity contribution in [2.24, 2.45) is 0 Å². The third-order valence-corrected chi connectivity index (χ3v) is 2.06. The normalized spacial score (nSPS) is 45.6. The van der Waals surface area contributed by atoms with Crippen molar-refractivity contribution in [2.45, 2.75) is 30.5 Å². The molecule has 74 valence electrons. The molecule has 1 heterocycles. The monoisotopic (exact) mass is 188 g/mol. The Hall–Kier alpha value is -0.640. The molecule has 1 saturated heterocycles. The number of aliphatic hydroxyl groups is 4. The fourth-order valence-electron chi connectivity index (χ4n) is 1.24. The Morgan fingerprint density at radius 2 is 1.77 bits per heavy atom. The number of ether oxygens (including phenoxy) is 1. The molecule has 0 aromatic rings. The molecule has 2 unspecified atom stereocenters. The van der Waals surface area contributed by atoms with Crippen molar-refractivity contribution in [3.05, 3.63) is 0 Å². The van der Waals surface area contributed by atoms with Gasteiger partial charge in [0.05, 0.1) is 6.61 Å². The van der Waals surface area contributed by atoms with E-state index < -0.39 is 37.1 Å². The standard InChI is InChI=1S/C8H12O5/c1-2-4-6(10)8(12)7(11)5(3-9)13-4/h1,4-12H,3H2/t4-,5?,6?,7-,8+/m0/s1. The van der Waals surface area contributed by atoms with Crippen molar-refractivity contribution >= 4 is 0 Å². The first kappa shape index (κ1) is 10.4. The minimum atomic E-state index is -1.38. The smallest absolute Gasteiger partial charge is 0.146 e. The SMILES string of the molecule is C#C[C@@H]1OC(CO)[C@H](O)[C@H](O)C1O. The molecule has 0 aromatic heterocycles. The Bertz CT molecular complexity index is 209. The second kappa shape index (κ2) is 4.05. The van der Waals surface area contributed by atoms with Crippen molar-refractivity contribution in [3.8, 4) is 12.3 Å². The fraction of sp³-hybridized carbons (Fsp3) is 0.750. The lowest BCUT2D eigenvalue weighted by Crippen LogP contribution is -2.58. The summed E-state index contributed by atoms with van der Waals surface area (Å²) in [5.41, 5.74) is 0. The van der Waals surface area contributed by atoms with Crippen LogP contribution in [-0.4, -0.2) is 57.6 Å². The molecule has 13 heavy (non-hydrogen) atoms. The average Bonchev–Trinajstić information content (AvgIpc) is 2.15. The van der Waals surface area contributed by atoms with Crippen LogP contribution in [0.5, 0.6) is 0 Å². The maximum Gasteiger partial charge on any atom is 0.146 e. The maximum atomic E-state index is 9.26. The van der Waals surface area contributed by atoms with E-state index in [0.29, 0.717) is 0 Å². The van der Waals surface area contributed by atoms with Gasteiger partial charge in [0, 0.05) is 0 Å². The Kier molecular flexibility index (Phi) is 3.25. The third-order valence-electron chi connectivity index (χ3n) is 2.06. The van der Waals surface area contributed by atoms with Crippen LogP contribution in [0.2, 0.25) is 0 Å². The molecule has 0 amide bonds. The topological polar surface area (TPSA) is 90.2 Å². The average molecular weight is 188 g/mol. The molecule has 1 aliphatic heterocycles. The van der Waals surface area contributed by atoms with Crippen LogP contribution in [0.1, 0.15) is 0 Å². The second-order valence-corrected chi connectivity index (χ2v) is 2.92. The Balaban J connectivity index is 2.73. The summed E-state index contributed by atoms with van der Waals surface area (Å²) in [6, 6.07) is 0. The molecule has 5 heteroatoms. The van der Waals surface area contributed by atoms with Crippen molar-refractivity contribution in [3.63, 3.8) is 0 Å². The minimum absolute atomic E-state index is 0.455. The molecule has 0 bridgehead atoms. The van der Waals surface area contributed by atoms with E-state index in [0.717, 1.165) is 0 Å². The third kappa shape index (κ3) is 1.82. The molecule has 0 saturated carbocycles. The van der Waals surface area contributed by atoms with Gasteiger partial charge in [-0.25, -0.2) is 0 Å². The van der Waals surface area contributed by atoms with Gasteiger partial charge in [-0.05, 0) is 0 Å².